The number of carbonyl (C=O) groups excluding carboxylic acids is 1. The van der Waals surface area contributed by atoms with Crippen molar-refractivity contribution >= 4 is 27.6 Å². The number of hydrogen-bond donors (Lipinski definition) is 1. The first kappa shape index (κ1) is 13.0. The summed E-state index contributed by atoms with van der Waals surface area (Å²) in [6, 6.07) is 4.08. The molecular weight excluding hydrogens is 254 g/mol. The molecule has 0 aliphatic carbocycles. The van der Waals surface area contributed by atoms with Gasteiger partial charge >= 0.3 is 5.97 Å². The zero-order chi connectivity index (χ0) is 12.3. The molecule has 1 aromatic rings. The van der Waals surface area contributed by atoms with Crippen LogP contribution in [0.2, 0.25) is 5.02 Å². The molecule has 16 heavy (non-hydrogen) atoms. The van der Waals surface area contributed by atoms with Crippen LogP contribution in [-0.2, 0) is 14.8 Å². The van der Waals surface area contributed by atoms with E-state index in [4.69, 9.17) is 21.5 Å². The Labute approximate surface area is 98.2 Å². The van der Waals surface area contributed by atoms with Gasteiger partial charge in [-0.25, -0.2) is 18.4 Å². The first-order chi connectivity index (χ1) is 7.38. The molecule has 0 amide bonds. The molecule has 0 heterocycles. The van der Waals surface area contributed by atoms with E-state index < -0.39 is 20.9 Å². The van der Waals surface area contributed by atoms with Gasteiger partial charge in [0, 0.05) is 0 Å². The van der Waals surface area contributed by atoms with Crippen molar-refractivity contribution in [2.45, 2.75) is 11.8 Å². The molecule has 0 aliphatic rings. The van der Waals surface area contributed by atoms with Gasteiger partial charge in [0.1, 0.15) is 4.90 Å². The van der Waals surface area contributed by atoms with Crippen molar-refractivity contribution in [3.8, 4) is 0 Å². The monoisotopic (exact) mass is 263 g/mol. The van der Waals surface area contributed by atoms with Gasteiger partial charge in [0.15, 0.2) is 0 Å². The van der Waals surface area contributed by atoms with Gasteiger partial charge in [-0.15, -0.1) is 0 Å². The Hall–Kier alpha value is -1.11. The number of sulfonamides is 1. The van der Waals surface area contributed by atoms with Gasteiger partial charge in [-0.05, 0) is 19.1 Å². The van der Waals surface area contributed by atoms with Crippen LogP contribution in [0.4, 0.5) is 0 Å². The average molecular weight is 264 g/mol. The molecule has 1 aromatic carbocycles. The molecule has 88 valence electrons. The van der Waals surface area contributed by atoms with Crippen molar-refractivity contribution in [3.63, 3.8) is 0 Å². The van der Waals surface area contributed by atoms with Crippen LogP contribution in [0.25, 0.3) is 0 Å². The molecule has 0 fully saturated rings. The molecule has 7 heteroatoms. The maximum atomic E-state index is 11.5. The van der Waals surface area contributed by atoms with Gasteiger partial charge in [0.05, 0.1) is 17.2 Å². The van der Waals surface area contributed by atoms with Crippen molar-refractivity contribution in [3.05, 3.63) is 28.8 Å². The summed E-state index contributed by atoms with van der Waals surface area (Å²) in [6.07, 6.45) is 0. The first-order valence-corrected chi connectivity index (χ1v) is 6.28. The molecule has 0 aliphatic heterocycles. The van der Waals surface area contributed by atoms with Crippen LogP contribution < -0.4 is 5.14 Å². The Bertz CT molecular complexity index is 512. The van der Waals surface area contributed by atoms with Gasteiger partial charge < -0.3 is 4.74 Å². The number of halogens is 1. The van der Waals surface area contributed by atoms with E-state index in [1.165, 1.54) is 18.2 Å². The predicted molar refractivity (Wildman–Crippen MR) is 58.8 cm³/mol. The van der Waals surface area contributed by atoms with Crippen LogP contribution in [0.1, 0.15) is 17.3 Å². The summed E-state index contributed by atoms with van der Waals surface area (Å²) in [5, 5.41) is 4.87. The number of rotatable bonds is 3. The highest BCUT2D eigenvalue weighted by molar-refractivity contribution is 7.89. The highest BCUT2D eigenvalue weighted by Crippen LogP contribution is 2.24. The van der Waals surface area contributed by atoms with Crippen LogP contribution in [0.3, 0.4) is 0 Å². The second kappa shape index (κ2) is 4.82. The highest BCUT2D eigenvalue weighted by atomic mass is 35.5. The number of benzene rings is 1. The summed E-state index contributed by atoms with van der Waals surface area (Å²) in [7, 11) is -4.06. The molecule has 1 rings (SSSR count). The van der Waals surface area contributed by atoms with Gasteiger partial charge in [-0.2, -0.15) is 0 Å². The minimum Gasteiger partial charge on any atom is -0.462 e. The van der Waals surface area contributed by atoms with Crippen molar-refractivity contribution in [2.24, 2.45) is 5.14 Å². The van der Waals surface area contributed by atoms with Crippen molar-refractivity contribution in [1.29, 1.82) is 0 Å². The van der Waals surface area contributed by atoms with Crippen LogP contribution in [-0.4, -0.2) is 21.0 Å². The standard InChI is InChI=1S/C9H10ClNO4S/c1-2-15-9(12)6-4-3-5-7(10)8(6)16(11,13)14/h3-5H,2H2,1H3,(H2,11,13,14). The topological polar surface area (TPSA) is 86.5 Å². The average Bonchev–Trinajstić information content (AvgIpc) is 2.15. The Balaban J connectivity index is 3.41. The Morgan fingerprint density at radius 1 is 1.50 bits per heavy atom. The van der Waals surface area contributed by atoms with Crippen LogP contribution in [0.15, 0.2) is 23.1 Å². The summed E-state index contributed by atoms with van der Waals surface area (Å²) in [5.74, 6) is -0.769. The van der Waals surface area contributed by atoms with E-state index in [1.807, 2.05) is 0 Å². The quantitative estimate of drug-likeness (QED) is 0.829. The molecule has 0 aromatic heterocycles. The molecule has 0 saturated heterocycles. The fourth-order valence-corrected chi connectivity index (χ4v) is 2.46. The number of esters is 1. The SMILES string of the molecule is CCOC(=O)c1cccc(Cl)c1S(N)(=O)=O. The second-order valence-electron chi connectivity index (χ2n) is 2.88. The zero-order valence-electron chi connectivity index (χ0n) is 8.44. The second-order valence-corrected chi connectivity index (χ2v) is 4.79. The van der Waals surface area contributed by atoms with Crippen LogP contribution in [0, 0.1) is 0 Å². The number of nitrogens with two attached hydrogens (primary N) is 1. The van der Waals surface area contributed by atoms with E-state index in [0.29, 0.717) is 0 Å². The Kier molecular flexibility index (Phi) is 3.90. The number of carbonyl (C=O) groups is 1. The molecule has 2 N–H and O–H groups in total. The minimum atomic E-state index is -4.06. The summed E-state index contributed by atoms with van der Waals surface area (Å²) in [6.45, 7) is 1.74. The largest absolute Gasteiger partial charge is 0.462 e. The van der Waals surface area contributed by atoms with Crippen LogP contribution >= 0.6 is 11.6 Å². The van der Waals surface area contributed by atoms with E-state index in [-0.39, 0.29) is 17.2 Å². The maximum absolute atomic E-state index is 11.5. The van der Waals surface area contributed by atoms with Crippen molar-refractivity contribution in [2.75, 3.05) is 6.61 Å². The third-order valence-corrected chi connectivity index (χ3v) is 3.18. The van der Waals surface area contributed by atoms with Gasteiger partial charge in [0.2, 0.25) is 10.0 Å². The van der Waals surface area contributed by atoms with E-state index in [1.54, 1.807) is 6.92 Å². The van der Waals surface area contributed by atoms with Crippen LogP contribution in [0.5, 0.6) is 0 Å². The molecule has 0 bridgehead atoms. The molecule has 0 saturated carbocycles. The summed E-state index contributed by atoms with van der Waals surface area (Å²) < 4.78 is 27.2. The molecule has 0 spiro atoms. The molecule has 0 radical (unpaired) electrons. The third kappa shape index (κ3) is 2.72. The first-order valence-electron chi connectivity index (χ1n) is 4.36. The van der Waals surface area contributed by atoms with E-state index in [0.717, 1.165) is 0 Å². The van der Waals surface area contributed by atoms with Gasteiger partial charge in [0.25, 0.3) is 0 Å². The normalized spacial score (nSPS) is 11.2. The molecule has 5 nitrogen and oxygen atoms in total. The summed E-state index contributed by atoms with van der Waals surface area (Å²) in [4.78, 5) is 11.1. The number of ether oxygens (including phenoxy) is 1. The molecule has 0 atom stereocenters. The zero-order valence-corrected chi connectivity index (χ0v) is 10.0. The molecular formula is C9H10ClNO4S. The lowest BCUT2D eigenvalue weighted by molar-refractivity contribution is 0.0522. The minimum absolute atomic E-state index is 0.104. The van der Waals surface area contributed by atoms with E-state index in [9.17, 15) is 13.2 Å². The lowest BCUT2D eigenvalue weighted by atomic mass is 10.2. The molecule has 0 unspecified atom stereocenters. The number of hydrogen-bond acceptors (Lipinski definition) is 4. The highest BCUT2D eigenvalue weighted by Gasteiger charge is 2.23. The lowest BCUT2D eigenvalue weighted by Gasteiger charge is -2.08. The third-order valence-electron chi connectivity index (χ3n) is 1.75. The Morgan fingerprint density at radius 3 is 2.62 bits per heavy atom. The fraction of sp³-hybridized carbons (Fsp3) is 0.222. The summed E-state index contributed by atoms with van der Waals surface area (Å²) in [5.41, 5.74) is -0.156. The van der Waals surface area contributed by atoms with Crippen molar-refractivity contribution in [1.82, 2.24) is 0 Å². The lowest BCUT2D eigenvalue weighted by Crippen LogP contribution is -2.18. The fourth-order valence-electron chi connectivity index (χ4n) is 1.17. The number of primary sulfonamides is 1. The van der Waals surface area contributed by atoms with E-state index >= 15 is 0 Å². The van der Waals surface area contributed by atoms with Crippen molar-refractivity contribution < 1.29 is 17.9 Å². The maximum Gasteiger partial charge on any atom is 0.339 e. The van der Waals surface area contributed by atoms with Gasteiger partial charge in [-0.3, -0.25) is 0 Å². The van der Waals surface area contributed by atoms with E-state index in [2.05, 4.69) is 0 Å². The Morgan fingerprint density at radius 2 is 2.12 bits per heavy atom. The smallest absolute Gasteiger partial charge is 0.339 e. The predicted octanol–water partition coefficient (Wildman–Crippen LogP) is 1.16. The summed E-state index contributed by atoms with van der Waals surface area (Å²) >= 11 is 5.69. The van der Waals surface area contributed by atoms with Gasteiger partial charge in [-0.1, -0.05) is 17.7 Å².